The number of rotatable bonds is 3. The fraction of sp³-hybridized carbons (Fsp3) is 0.867. The summed E-state index contributed by atoms with van der Waals surface area (Å²) in [6.07, 6.45) is 2.93. The summed E-state index contributed by atoms with van der Waals surface area (Å²) in [6, 6.07) is 0.521. The van der Waals surface area contributed by atoms with Crippen molar-refractivity contribution in [3.8, 4) is 0 Å². The van der Waals surface area contributed by atoms with E-state index in [-0.39, 0.29) is 17.7 Å². The number of aliphatic carboxylic acids is 1. The molecule has 114 valence electrons. The Bertz CT molecular complexity index is 370. The van der Waals surface area contributed by atoms with Crippen molar-refractivity contribution in [1.82, 2.24) is 9.80 Å². The minimum Gasteiger partial charge on any atom is -0.481 e. The van der Waals surface area contributed by atoms with E-state index in [1.54, 1.807) is 0 Å². The maximum atomic E-state index is 12.5. The van der Waals surface area contributed by atoms with Crippen molar-refractivity contribution in [3.63, 3.8) is 0 Å². The maximum absolute atomic E-state index is 12.5. The molecule has 0 radical (unpaired) electrons. The molecular weight excluding hydrogens is 256 g/mol. The van der Waals surface area contributed by atoms with E-state index in [9.17, 15) is 9.59 Å². The van der Waals surface area contributed by atoms with Crippen LogP contribution in [-0.2, 0) is 9.59 Å². The Kier molecular flexibility index (Phi) is 5.02. The lowest BCUT2D eigenvalue weighted by atomic mass is 10.0. The molecule has 2 atom stereocenters. The van der Waals surface area contributed by atoms with E-state index in [1.807, 2.05) is 4.90 Å². The molecule has 0 unspecified atom stereocenters. The van der Waals surface area contributed by atoms with Crippen molar-refractivity contribution in [2.75, 3.05) is 26.2 Å². The molecule has 0 aromatic heterocycles. The molecule has 0 bridgehead atoms. The van der Waals surface area contributed by atoms with E-state index >= 15 is 0 Å². The summed E-state index contributed by atoms with van der Waals surface area (Å²) in [7, 11) is 0. The van der Waals surface area contributed by atoms with Gasteiger partial charge in [-0.05, 0) is 39.5 Å². The number of carboxylic acids is 1. The van der Waals surface area contributed by atoms with Crippen molar-refractivity contribution in [2.45, 2.75) is 45.6 Å². The Labute approximate surface area is 120 Å². The SMILES string of the molecule is CC(C)N1CCCN(C(=O)[C@H]2CC[C@@H](C(=O)O)C2)CC1. The predicted molar refractivity (Wildman–Crippen MR) is 76.4 cm³/mol. The van der Waals surface area contributed by atoms with Crippen molar-refractivity contribution < 1.29 is 14.7 Å². The van der Waals surface area contributed by atoms with E-state index in [1.165, 1.54) is 0 Å². The lowest BCUT2D eigenvalue weighted by Gasteiger charge is -2.26. The number of hydrogen-bond donors (Lipinski definition) is 1. The summed E-state index contributed by atoms with van der Waals surface area (Å²) in [6.45, 7) is 7.95. The highest BCUT2D eigenvalue weighted by Gasteiger charge is 2.36. The summed E-state index contributed by atoms with van der Waals surface area (Å²) < 4.78 is 0. The molecule has 5 nitrogen and oxygen atoms in total. The molecule has 20 heavy (non-hydrogen) atoms. The fourth-order valence-corrected chi connectivity index (χ4v) is 3.36. The van der Waals surface area contributed by atoms with Gasteiger partial charge in [-0.1, -0.05) is 0 Å². The van der Waals surface area contributed by atoms with Gasteiger partial charge < -0.3 is 10.0 Å². The standard InChI is InChI=1S/C15H26N2O3/c1-11(2)16-6-3-7-17(9-8-16)14(18)12-4-5-13(10-12)15(19)20/h11-13H,3-10H2,1-2H3,(H,19,20)/t12-,13+/m0/s1. The van der Waals surface area contributed by atoms with Crippen LogP contribution in [0.15, 0.2) is 0 Å². The number of hydrogen-bond acceptors (Lipinski definition) is 3. The van der Waals surface area contributed by atoms with Crippen LogP contribution >= 0.6 is 0 Å². The van der Waals surface area contributed by atoms with Crippen LogP contribution in [0.1, 0.15) is 39.5 Å². The molecule has 1 saturated heterocycles. The minimum atomic E-state index is -0.748. The summed E-state index contributed by atoms with van der Waals surface area (Å²) in [5.74, 6) is -0.953. The highest BCUT2D eigenvalue weighted by molar-refractivity contribution is 5.81. The molecule has 2 aliphatic rings. The van der Waals surface area contributed by atoms with Gasteiger partial charge in [-0.25, -0.2) is 0 Å². The number of amides is 1. The predicted octanol–water partition coefficient (Wildman–Crippen LogP) is 1.43. The number of carbonyl (C=O) groups is 2. The molecular formula is C15H26N2O3. The van der Waals surface area contributed by atoms with Crippen LogP contribution < -0.4 is 0 Å². The Morgan fingerprint density at radius 3 is 2.35 bits per heavy atom. The first-order chi connectivity index (χ1) is 9.49. The molecule has 0 aromatic carbocycles. The molecule has 5 heteroatoms. The number of carbonyl (C=O) groups excluding carboxylic acids is 1. The molecule has 0 spiro atoms. The topological polar surface area (TPSA) is 60.9 Å². The second-order valence-electron chi connectivity index (χ2n) is 6.35. The molecule has 1 N–H and O–H groups in total. The van der Waals surface area contributed by atoms with E-state index in [0.29, 0.717) is 18.9 Å². The smallest absolute Gasteiger partial charge is 0.306 e. The van der Waals surface area contributed by atoms with Crippen molar-refractivity contribution in [3.05, 3.63) is 0 Å². The Balaban J connectivity index is 1.88. The normalized spacial score (nSPS) is 28.6. The van der Waals surface area contributed by atoms with Gasteiger partial charge in [0.25, 0.3) is 0 Å². The van der Waals surface area contributed by atoms with Gasteiger partial charge in [0, 0.05) is 38.1 Å². The van der Waals surface area contributed by atoms with E-state index in [2.05, 4.69) is 18.7 Å². The number of nitrogens with zero attached hydrogens (tertiary/aromatic N) is 2. The first kappa shape index (κ1) is 15.3. The van der Waals surface area contributed by atoms with Crippen LogP contribution in [0.25, 0.3) is 0 Å². The zero-order valence-corrected chi connectivity index (χ0v) is 12.5. The average molecular weight is 282 g/mol. The molecule has 1 saturated carbocycles. The first-order valence-corrected chi connectivity index (χ1v) is 7.74. The monoisotopic (exact) mass is 282 g/mol. The van der Waals surface area contributed by atoms with E-state index in [0.717, 1.165) is 39.0 Å². The van der Waals surface area contributed by atoms with Gasteiger partial charge in [0.15, 0.2) is 0 Å². The van der Waals surface area contributed by atoms with Crippen molar-refractivity contribution >= 4 is 11.9 Å². The molecule has 2 rings (SSSR count). The van der Waals surface area contributed by atoms with Crippen molar-refractivity contribution in [1.29, 1.82) is 0 Å². The second-order valence-corrected chi connectivity index (χ2v) is 6.35. The number of carboxylic acid groups (broad SMARTS) is 1. The third-order valence-corrected chi connectivity index (χ3v) is 4.70. The second kappa shape index (κ2) is 6.57. The molecule has 0 aromatic rings. The first-order valence-electron chi connectivity index (χ1n) is 7.74. The highest BCUT2D eigenvalue weighted by atomic mass is 16.4. The lowest BCUT2D eigenvalue weighted by molar-refractivity contribution is -0.141. The molecule has 1 aliphatic carbocycles. The van der Waals surface area contributed by atoms with Crippen LogP contribution in [0.3, 0.4) is 0 Å². The fourth-order valence-electron chi connectivity index (χ4n) is 3.36. The van der Waals surface area contributed by atoms with Gasteiger partial charge in [-0.15, -0.1) is 0 Å². The van der Waals surface area contributed by atoms with Crippen LogP contribution in [0, 0.1) is 11.8 Å². The Hall–Kier alpha value is -1.10. The zero-order chi connectivity index (χ0) is 14.7. The van der Waals surface area contributed by atoms with E-state index < -0.39 is 5.97 Å². The van der Waals surface area contributed by atoms with Gasteiger partial charge in [-0.3, -0.25) is 14.5 Å². The van der Waals surface area contributed by atoms with Gasteiger partial charge >= 0.3 is 5.97 Å². The maximum Gasteiger partial charge on any atom is 0.306 e. The minimum absolute atomic E-state index is 0.0679. The Morgan fingerprint density at radius 1 is 1.05 bits per heavy atom. The van der Waals surface area contributed by atoms with Crippen LogP contribution in [-0.4, -0.2) is 59.0 Å². The van der Waals surface area contributed by atoms with Gasteiger partial charge in [0.2, 0.25) is 5.91 Å². The highest BCUT2D eigenvalue weighted by Crippen LogP contribution is 2.32. The third-order valence-electron chi connectivity index (χ3n) is 4.70. The molecule has 1 amide bonds. The summed E-state index contributed by atoms with van der Waals surface area (Å²) >= 11 is 0. The van der Waals surface area contributed by atoms with Crippen LogP contribution in [0.2, 0.25) is 0 Å². The lowest BCUT2D eigenvalue weighted by Crippen LogP contribution is -2.39. The molecule has 2 fully saturated rings. The van der Waals surface area contributed by atoms with Gasteiger partial charge in [0.1, 0.15) is 0 Å². The molecule has 1 aliphatic heterocycles. The largest absolute Gasteiger partial charge is 0.481 e. The zero-order valence-electron chi connectivity index (χ0n) is 12.5. The quantitative estimate of drug-likeness (QED) is 0.850. The van der Waals surface area contributed by atoms with Crippen LogP contribution in [0.5, 0.6) is 0 Å². The van der Waals surface area contributed by atoms with Crippen LogP contribution in [0.4, 0.5) is 0 Å². The van der Waals surface area contributed by atoms with Gasteiger partial charge in [0.05, 0.1) is 5.92 Å². The van der Waals surface area contributed by atoms with E-state index in [4.69, 9.17) is 5.11 Å². The Morgan fingerprint density at radius 2 is 1.75 bits per heavy atom. The summed E-state index contributed by atoms with van der Waals surface area (Å²) in [5.41, 5.74) is 0. The third kappa shape index (κ3) is 3.51. The summed E-state index contributed by atoms with van der Waals surface area (Å²) in [5, 5.41) is 9.03. The molecule has 1 heterocycles. The average Bonchev–Trinajstić information content (AvgIpc) is 2.76. The summed E-state index contributed by atoms with van der Waals surface area (Å²) in [4.78, 5) is 27.9. The van der Waals surface area contributed by atoms with Gasteiger partial charge in [-0.2, -0.15) is 0 Å². The van der Waals surface area contributed by atoms with Crippen molar-refractivity contribution in [2.24, 2.45) is 11.8 Å².